The van der Waals surface area contributed by atoms with Gasteiger partial charge in [0.1, 0.15) is 6.10 Å². The molecule has 5 nitrogen and oxygen atoms in total. The number of primary amides is 1. The van der Waals surface area contributed by atoms with E-state index in [1.54, 1.807) is 0 Å². The zero-order valence-corrected chi connectivity index (χ0v) is 11.9. The van der Waals surface area contributed by atoms with Crippen molar-refractivity contribution in [3.8, 4) is 0 Å². The molecular formula is C15H14N2O3S. The van der Waals surface area contributed by atoms with E-state index in [1.165, 1.54) is 11.3 Å². The van der Waals surface area contributed by atoms with Gasteiger partial charge in [-0.15, -0.1) is 11.3 Å². The molecule has 1 saturated heterocycles. The van der Waals surface area contributed by atoms with E-state index in [-0.39, 0.29) is 5.91 Å². The first-order valence-electron chi connectivity index (χ1n) is 6.51. The number of hydroxylamine groups is 1. The third-order valence-electron chi connectivity index (χ3n) is 3.56. The van der Waals surface area contributed by atoms with Gasteiger partial charge in [0.25, 0.3) is 5.91 Å². The standard InChI is InChI=1S/C15H14N2O3S/c16-14(18)11(10-7-4-8-21-10)12-13(20-17-15(12)19)9-5-2-1-3-6-9/h1-8,11-13H,(H2,16,18)(H,17,19). The first-order valence-corrected chi connectivity index (χ1v) is 7.39. The summed E-state index contributed by atoms with van der Waals surface area (Å²) in [5.41, 5.74) is 8.75. The smallest absolute Gasteiger partial charge is 0.250 e. The van der Waals surface area contributed by atoms with Gasteiger partial charge >= 0.3 is 0 Å². The van der Waals surface area contributed by atoms with E-state index in [0.29, 0.717) is 0 Å². The average Bonchev–Trinajstić information content (AvgIpc) is 3.12. The second kappa shape index (κ2) is 5.67. The van der Waals surface area contributed by atoms with Crippen LogP contribution in [0.1, 0.15) is 22.5 Å². The van der Waals surface area contributed by atoms with Gasteiger partial charge < -0.3 is 5.73 Å². The van der Waals surface area contributed by atoms with Crippen molar-refractivity contribution in [3.63, 3.8) is 0 Å². The lowest BCUT2D eigenvalue weighted by atomic mass is 9.83. The Bertz CT molecular complexity index is 642. The summed E-state index contributed by atoms with van der Waals surface area (Å²) < 4.78 is 0. The highest BCUT2D eigenvalue weighted by molar-refractivity contribution is 7.10. The summed E-state index contributed by atoms with van der Waals surface area (Å²) in [5.74, 6) is -2.20. The molecule has 1 aromatic carbocycles. The molecule has 6 heteroatoms. The molecule has 2 amide bonds. The van der Waals surface area contributed by atoms with Crippen LogP contribution in [0.5, 0.6) is 0 Å². The molecule has 1 aliphatic rings. The second-order valence-corrected chi connectivity index (χ2v) is 5.82. The lowest BCUT2D eigenvalue weighted by molar-refractivity contribution is -0.129. The van der Waals surface area contributed by atoms with Crippen LogP contribution in [0.25, 0.3) is 0 Å². The van der Waals surface area contributed by atoms with Crippen LogP contribution < -0.4 is 11.2 Å². The molecule has 3 rings (SSSR count). The van der Waals surface area contributed by atoms with Crippen LogP contribution in [0.3, 0.4) is 0 Å². The van der Waals surface area contributed by atoms with Crippen molar-refractivity contribution < 1.29 is 14.4 Å². The van der Waals surface area contributed by atoms with Gasteiger partial charge in [0.05, 0.1) is 11.8 Å². The van der Waals surface area contributed by atoms with Crippen molar-refractivity contribution in [1.29, 1.82) is 0 Å². The lowest BCUT2D eigenvalue weighted by Crippen LogP contribution is -2.34. The van der Waals surface area contributed by atoms with Crippen molar-refractivity contribution >= 4 is 23.2 Å². The summed E-state index contributed by atoms with van der Waals surface area (Å²) in [6, 6.07) is 13.0. The Hall–Kier alpha value is -2.18. The minimum atomic E-state index is -0.697. The molecule has 1 aliphatic heterocycles. The predicted octanol–water partition coefficient (Wildman–Crippen LogP) is 1.74. The number of amides is 2. The number of thiophene rings is 1. The Labute approximate surface area is 125 Å². The third-order valence-corrected chi connectivity index (χ3v) is 4.51. The van der Waals surface area contributed by atoms with E-state index >= 15 is 0 Å². The van der Waals surface area contributed by atoms with E-state index in [1.807, 2.05) is 47.8 Å². The highest BCUT2D eigenvalue weighted by atomic mass is 32.1. The van der Waals surface area contributed by atoms with E-state index in [9.17, 15) is 9.59 Å². The van der Waals surface area contributed by atoms with Gasteiger partial charge in [-0.1, -0.05) is 36.4 Å². The first kappa shape index (κ1) is 13.8. The van der Waals surface area contributed by atoms with Crippen LogP contribution >= 0.6 is 11.3 Å². The fourth-order valence-corrected chi connectivity index (χ4v) is 3.49. The summed E-state index contributed by atoms with van der Waals surface area (Å²) in [6.45, 7) is 0. The van der Waals surface area contributed by atoms with Crippen LogP contribution in [0.2, 0.25) is 0 Å². The number of carbonyl (C=O) groups is 2. The Balaban J connectivity index is 2.00. The summed E-state index contributed by atoms with van der Waals surface area (Å²) in [6.07, 6.45) is -0.529. The van der Waals surface area contributed by atoms with Crippen molar-refractivity contribution in [2.24, 2.45) is 11.7 Å². The van der Waals surface area contributed by atoms with Gasteiger partial charge in [-0.25, -0.2) is 5.48 Å². The summed E-state index contributed by atoms with van der Waals surface area (Å²) in [7, 11) is 0. The van der Waals surface area contributed by atoms with E-state index < -0.39 is 23.8 Å². The predicted molar refractivity (Wildman–Crippen MR) is 78.2 cm³/mol. The molecule has 1 aromatic heterocycles. The SMILES string of the molecule is NC(=O)C(c1cccs1)C1C(=O)NOC1c1ccccc1. The largest absolute Gasteiger partial charge is 0.369 e. The van der Waals surface area contributed by atoms with Gasteiger partial charge in [0, 0.05) is 4.88 Å². The van der Waals surface area contributed by atoms with Crippen LogP contribution in [-0.4, -0.2) is 11.8 Å². The summed E-state index contributed by atoms with van der Waals surface area (Å²) in [4.78, 5) is 30.2. The number of carbonyl (C=O) groups excluding carboxylic acids is 2. The molecular weight excluding hydrogens is 288 g/mol. The van der Waals surface area contributed by atoms with Crippen molar-refractivity contribution in [2.75, 3.05) is 0 Å². The molecule has 3 N–H and O–H groups in total. The maximum atomic E-state index is 12.2. The number of benzene rings is 1. The van der Waals surface area contributed by atoms with Gasteiger partial charge in [-0.2, -0.15) is 0 Å². The molecule has 0 bridgehead atoms. The van der Waals surface area contributed by atoms with Crippen molar-refractivity contribution in [3.05, 3.63) is 58.3 Å². The van der Waals surface area contributed by atoms with Crippen LogP contribution in [0.4, 0.5) is 0 Å². The van der Waals surface area contributed by atoms with Gasteiger partial charge in [-0.3, -0.25) is 14.4 Å². The van der Waals surface area contributed by atoms with Gasteiger partial charge in [-0.05, 0) is 17.0 Å². The van der Waals surface area contributed by atoms with Crippen LogP contribution in [0, 0.1) is 5.92 Å². The molecule has 0 saturated carbocycles. The Morgan fingerprint density at radius 2 is 2.00 bits per heavy atom. The van der Waals surface area contributed by atoms with Crippen LogP contribution in [0.15, 0.2) is 47.8 Å². The maximum Gasteiger partial charge on any atom is 0.250 e. The van der Waals surface area contributed by atoms with E-state index in [4.69, 9.17) is 10.6 Å². The summed E-state index contributed by atoms with van der Waals surface area (Å²) in [5, 5.41) is 1.86. The molecule has 0 aliphatic carbocycles. The zero-order valence-electron chi connectivity index (χ0n) is 11.1. The molecule has 2 aromatic rings. The monoisotopic (exact) mass is 302 g/mol. The maximum absolute atomic E-state index is 12.2. The number of nitrogens with one attached hydrogen (secondary N) is 1. The van der Waals surface area contributed by atoms with Gasteiger partial charge in [0.2, 0.25) is 5.91 Å². The fourth-order valence-electron chi connectivity index (χ4n) is 2.61. The second-order valence-electron chi connectivity index (χ2n) is 4.84. The molecule has 1 fully saturated rings. The normalized spacial score (nSPS) is 22.8. The quantitative estimate of drug-likeness (QED) is 0.902. The number of rotatable bonds is 4. The Morgan fingerprint density at radius 1 is 1.24 bits per heavy atom. The highest BCUT2D eigenvalue weighted by Crippen LogP contribution is 2.41. The molecule has 3 atom stereocenters. The van der Waals surface area contributed by atoms with E-state index in [0.717, 1.165) is 10.4 Å². The molecule has 2 heterocycles. The zero-order chi connectivity index (χ0) is 14.8. The molecule has 21 heavy (non-hydrogen) atoms. The number of hydrogen-bond acceptors (Lipinski definition) is 4. The fraction of sp³-hybridized carbons (Fsp3) is 0.200. The van der Waals surface area contributed by atoms with Crippen molar-refractivity contribution in [2.45, 2.75) is 12.0 Å². The topological polar surface area (TPSA) is 81.4 Å². The number of nitrogens with two attached hydrogens (primary N) is 1. The first-order chi connectivity index (χ1) is 10.2. The molecule has 0 radical (unpaired) electrons. The molecule has 108 valence electrons. The minimum absolute atomic E-state index is 0.318. The van der Waals surface area contributed by atoms with E-state index in [2.05, 4.69) is 5.48 Å². The summed E-state index contributed by atoms with van der Waals surface area (Å²) >= 11 is 1.41. The minimum Gasteiger partial charge on any atom is -0.369 e. The Kier molecular flexibility index (Phi) is 3.72. The van der Waals surface area contributed by atoms with Gasteiger partial charge in [0.15, 0.2) is 0 Å². The molecule has 0 spiro atoms. The average molecular weight is 302 g/mol. The lowest BCUT2D eigenvalue weighted by Gasteiger charge is -2.21. The van der Waals surface area contributed by atoms with Crippen LogP contribution in [-0.2, 0) is 14.4 Å². The highest BCUT2D eigenvalue weighted by Gasteiger charge is 2.46. The number of hydrogen-bond donors (Lipinski definition) is 2. The third kappa shape index (κ3) is 2.55. The molecule has 3 unspecified atom stereocenters. The Morgan fingerprint density at radius 3 is 2.62 bits per heavy atom. The van der Waals surface area contributed by atoms with Crippen molar-refractivity contribution in [1.82, 2.24) is 5.48 Å².